The Bertz CT molecular complexity index is 436. The van der Waals surface area contributed by atoms with Crippen LogP contribution in [0.1, 0.15) is 11.7 Å². The number of aliphatic hydroxyl groups excluding tert-OH is 1. The first kappa shape index (κ1) is 12.9. The van der Waals surface area contributed by atoms with Gasteiger partial charge < -0.3 is 20.6 Å². The molecule has 1 fully saturated rings. The lowest BCUT2D eigenvalue weighted by molar-refractivity contribution is -0.129. The topological polar surface area (TPSA) is 69.8 Å². The number of nitrogens with two attached hydrogens (primary N) is 1. The molecule has 18 heavy (non-hydrogen) atoms. The van der Waals surface area contributed by atoms with E-state index >= 15 is 0 Å². The molecule has 0 radical (unpaired) electrons. The highest BCUT2D eigenvalue weighted by Crippen LogP contribution is 2.26. The Morgan fingerprint density at radius 1 is 1.39 bits per heavy atom. The fourth-order valence-corrected chi connectivity index (χ4v) is 2.15. The van der Waals surface area contributed by atoms with E-state index < -0.39 is 6.10 Å². The van der Waals surface area contributed by atoms with Crippen molar-refractivity contribution in [3.05, 3.63) is 29.8 Å². The zero-order chi connectivity index (χ0) is 13.1. The van der Waals surface area contributed by atoms with E-state index in [0.29, 0.717) is 13.1 Å². The number of nitrogens with zero attached hydrogens (tertiary/aromatic N) is 2. The number of carbonyl (C=O) groups is 1. The molecule has 0 saturated carbocycles. The number of benzene rings is 1. The summed E-state index contributed by atoms with van der Waals surface area (Å²) in [6.45, 7) is 2.01. The van der Waals surface area contributed by atoms with Crippen LogP contribution in [0, 0.1) is 0 Å². The van der Waals surface area contributed by atoms with E-state index in [4.69, 9.17) is 5.73 Å². The van der Waals surface area contributed by atoms with Gasteiger partial charge in [-0.15, -0.1) is 0 Å². The van der Waals surface area contributed by atoms with Gasteiger partial charge in [0, 0.05) is 37.9 Å². The van der Waals surface area contributed by atoms with Gasteiger partial charge in [0.1, 0.15) is 0 Å². The van der Waals surface area contributed by atoms with Gasteiger partial charge in [-0.1, -0.05) is 18.2 Å². The number of likely N-dealkylation sites (N-methyl/N-ethyl adjacent to an activating group) is 1. The van der Waals surface area contributed by atoms with Gasteiger partial charge in [0.05, 0.1) is 12.6 Å². The SMILES string of the molecule is CN1CCN(c2ccccc2C(O)CN)CC1=O. The van der Waals surface area contributed by atoms with Gasteiger partial charge in [0.25, 0.3) is 0 Å². The molecule has 1 aromatic carbocycles. The number of hydrogen-bond acceptors (Lipinski definition) is 4. The Morgan fingerprint density at radius 3 is 2.78 bits per heavy atom. The van der Waals surface area contributed by atoms with Gasteiger partial charge in [-0.2, -0.15) is 0 Å². The van der Waals surface area contributed by atoms with Crippen LogP contribution in [-0.2, 0) is 4.79 Å². The zero-order valence-electron chi connectivity index (χ0n) is 10.5. The second kappa shape index (κ2) is 5.37. The van der Waals surface area contributed by atoms with Crippen LogP contribution in [0.15, 0.2) is 24.3 Å². The molecule has 0 bridgehead atoms. The molecule has 0 aliphatic carbocycles. The molecule has 1 saturated heterocycles. The van der Waals surface area contributed by atoms with Crippen LogP contribution in [-0.4, -0.2) is 49.1 Å². The highest BCUT2D eigenvalue weighted by molar-refractivity contribution is 5.83. The minimum absolute atomic E-state index is 0.0956. The lowest BCUT2D eigenvalue weighted by atomic mass is 10.1. The average Bonchev–Trinajstić information content (AvgIpc) is 2.41. The molecule has 5 nitrogen and oxygen atoms in total. The molecular formula is C13H19N3O2. The zero-order valence-corrected chi connectivity index (χ0v) is 10.5. The first-order chi connectivity index (χ1) is 8.63. The number of amides is 1. The van der Waals surface area contributed by atoms with Crippen molar-refractivity contribution < 1.29 is 9.90 Å². The lowest BCUT2D eigenvalue weighted by Gasteiger charge is -2.35. The first-order valence-electron chi connectivity index (χ1n) is 6.09. The van der Waals surface area contributed by atoms with Crippen molar-refractivity contribution >= 4 is 11.6 Å². The van der Waals surface area contributed by atoms with E-state index in [1.54, 1.807) is 11.9 Å². The summed E-state index contributed by atoms with van der Waals surface area (Å²) in [6.07, 6.45) is -0.684. The lowest BCUT2D eigenvalue weighted by Crippen LogP contribution is -2.49. The van der Waals surface area contributed by atoms with Gasteiger partial charge in [-0.05, 0) is 6.07 Å². The summed E-state index contributed by atoms with van der Waals surface area (Å²) in [5, 5.41) is 9.91. The fourth-order valence-electron chi connectivity index (χ4n) is 2.15. The molecule has 1 unspecified atom stereocenters. The standard InChI is InChI=1S/C13H19N3O2/c1-15-6-7-16(9-13(15)18)11-5-3-2-4-10(11)12(17)8-14/h2-5,12,17H,6-9,14H2,1H3. The van der Waals surface area contributed by atoms with Crippen LogP contribution in [0.2, 0.25) is 0 Å². The van der Waals surface area contributed by atoms with Gasteiger partial charge in [0.2, 0.25) is 5.91 Å². The predicted molar refractivity (Wildman–Crippen MR) is 70.3 cm³/mol. The van der Waals surface area contributed by atoms with Crippen molar-refractivity contribution in [3.63, 3.8) is 0 Å². The molecule has 5 heteroatoms. The summed E-state index contributed by atoms with van der Waals surface area (Å²) >= 11 is 0. The number of piperazine rings is 1. The Balaban J connectivity index is 2.25. The molecule has 1 aliphatic rings. The summed E-state index contributed by atoms with van der Waals surface area (Å²) in [6, 6.07) is 7.56. The summed E-state index contributed by atoms with van der Waals surface area (Å²) in [5.74, 6) is 0.0956. The van der Waals surface area contributed by atoms with Gasteiger partial charge in [0.15, 0.2) is 0 Å². The molecule has 98 valence electrons. The summed E-state index contributed by atoms with van der Waals surface area (Å²) in [4.78, 5) is 15.4. The fraction of sp³-hybridized carbons (Fsp3) is 0.462. The predicted octanol–water partition coefficient (Wildman–Crippen LogP) is -0.0429. The number of para-hydroxylation sites is 1. The maximum Gasteiger partial charge on any atom is 0.241 e. The molecule has 1 aromatic rings. The summed E-state index contributed by atoms with van der Waals surface area (Å²) in [5.41, 5.74) is 7.20. The van der Waals surface area contributed by atoms with Crippen LogP contribution in [0.25, 0.3) is 0 Å². The van der Waals surface area contributed by atoms with Crippen LogP contribution in [0.4, 0.5) is 5.69 Å². The number of hydrogen-bond donors (Lipinski definition) is 2. The molecule has 1 atom stereocenters. The van der Waals surface area contributed by atoms with Gasteiger partial charge >= 0.3 is 0 Å². The van der Waals surface area contributed by atoms with E-state index in [2.05, 4.69) is 0 Å². The highest BCUT2D eigenvalue weighted by Gasteiger charge is 2.23. The van der Waals surface area contributed by atoms with E-state index in [-0.39, 0.29) is 12.5 Å². The summed E-state index contributed by atoms with van der Waals surface area (Å²) in [7, 11) is 1.81. The third-order valence-corrected chi connectivity index (χ3v) is 3.32. The molecule has 2 rings (SSSR count). The molecule has 0 aromatic heterocycles. The van der Waals surface area contributed by atoms with Crippen molar-refractivity contribution in [1.29, 1.82) is 0 Å². The third-order valence-electron chi connectivity index (χ3n) is 3.32. The quantitative estimate of drug-likeness (QED) is 0.788. The molecule has 3 N–H and O–H groups in total. The molecule has 1 heterocycles. The highest BCUT2D eigenvalue weighted by atomic mass is 16.3. The van der Waals surface area contributed by atoms with Crippen molar-refractivity contribution in [1.82, 2.24) is 4.90 Å². The molecule has 1 amide bonds. The Morgan fingerprint density at radius 2 is 2.11 bits per heavy atom. The second-order valence-electron chi connectivity index (χ2n) is 4.55. The third kappa shape index (κ3) is 2.47. The monoisotopic (exact) mass is 249 g/mol. The minimum atomic E-state index is -0.684. The normalized spacial score (nSPS) is 18.1. The van der Waals surface area contributed by atoms with E-state index in [0.717, 1.165) is 17.8 Å². The van der Waals surface area contributed by atoms with E-state index in [1.165, 1.54) is 0 Å². The average molecular weight is 249 g/mol. The maximum atomic E-state index is 11.7. The molecule has 0 spiro atoms. The van der Waals surface area contributed by atoms with Gasteiger partial charge in [-0.25, -0.2) is 0 Å². The summed E-state index contributed by atoms with van der Waals surface area (Å²) < 4.78 is 0. The largest absolute Gasteiger partial charge is 0.387 e. The second-order valence-corrected chi connectivity index (χ2v) is 4.55. The van der Waals surface area contributed by atoms with Crippen molar-refractivity contribution in [2.75, 3.05) is 38.1 Å². The van der Waals surface area contributed by atoms with E-state index in [1.807, 2.05) is 29.2 Å². The smallest absolute Gasteiger partial charge is 0.241 e. The van der Waals surface area contributed by atoms with Crippen molar-refractivity contribution in [2.24, 2.45) is 5.73 Å². The number of carbonyl (C=O) groups excluding carboxylic acids is 1. The minimum Gasteiger partial charge on any atom is -0.387 e. The van der Waals surface area contributed by atoms with Crippen LogP contribution in [0.3, 0.4) is 0 Å². The van der Waals surface area contributed by atoms with Gasteiger partial charge in [-0.3, -0.25) is 4.79 Å². The maximum absolute atomic E-state index is 11.7. The van der Waals surface area contributed by atoms with Crippen LogP contribution < -0.4 is 10.6 Å². The van der Waals surface area contributed by atoms with Crippen molar-refractivity contribution in [3.8, 4) is 0 Å². The van der Waals surface area contributed by atoms with Crippen LogP contribution in [0.5, 0.6) is 0 Å². The number of aliphatic hydroxyl groups is 1. The first-order valence-corrected chi connectivity index (χ1v) is 6.09. The molecule has 1 aliphatic heterocycles. The molecular weight excluding hydrogens is 230 g/mol. The number of anilines is 1. The Kier molecular flexibility index (Phi) is 3.84. The number of rotatable bonds is 3. The Hall–Kier alpha value is -1.59. The Labute approximate surface area is 107 Å². The van der Waals surface area contributed by atoms with Crippen molar-refractivity contribution in [2.45, 2.75) is 6.10 Å². The van der Waals surface area contributed by atoms with Crippen LogP contribution >= 0.6 is 0 Å². The van der Waals surface area contributed by atoms with E-state index in [9.17, 15) is 9.90 Å².